The zero-order valence-corrected chi connectivity index (χ0v) is 27.0. The van der Waals surface area contributed by atoms with Crippen LogP contribution in [0.1, 0.15) is 30.2 Å². The van der Waals surface area contributed by atoms with Crippen LogP contribution in [-0.4, -0.2) is 77.4 Å². The summed E-state index contributed by atoms with van der Waals surface area (Å²) in [4.78, 5) is 42.3. The van der Waals surface area contributed by atoms with Gasteiger partial charge in [0.15, 0.2) is 13.9 Å². The number of aliphatic hydroxyl groups excluding tert-OH is 1. The Kier molecular flexibility index (Phi) is 8.41. The van der Waals surface area contributed by atoms with Gasteiger partial charge in [-0.15, -0.1) is 5.10 Å². The summed E-state index contributed by atoms with van der Waals surface area (Å²) in [6, 6.07) is 13.2. The second-order valence-electron chi connectivity index (χ2n) is 12.5. The van der Waals surface area contributed by atoms with Gasteiger partial charge in [0, 0.05) is 66.6 Å². The number of aliphatic hydroxyl groups is 1. The molecule has 3 N–H and O–H groups in total. The molecule has 4 heterocycles. The Morgan fingerprint density at radius 1 is 1.20 bits per heavy atom. The lowest BCUT2D eigenvalue weighted by molar-refractivity contribution is -0.146. The molecule has 3 aliphatic rings. The van der Waals surface area contributed by atoms with E-state index in [1.54, 1.807) is 26.7 Å². The lowest BCUT2D eigenvalue weighted by Crippen LogP contribution is -2.48. The number of rotatable bonds is 9. The number of aryl methyl sites for hydroxylation is 1. The van der Waals surface area contributed by atoms with Crippen molar-refractivity contribution in [1.82, 2.24) is 20.3 Å². The molecular weight excluding hydrogens is 600 g/mol. The Hall–Kier alpha value is -3.13. The number of nitrogens with zero attached hydrogens (tertiary/aromatic N) is 5. The van der Waals surface area contributed by atoms with Gasteiger partial charge in [-0.2, -0.15) is 0 Å². The number of amides is 2. The molecule has 2 amide bonds. The molecule has 0 radical (unpaired) electrons. The predicted octanol–water partition coefficient (Wildman–Crippen LogP) is 2.84. The van der Waals surface area contributed by atoms with Crippen molar-refractivity contribution in [2.75, 3.05) is 36.0 Å². The van der Waals surface area contributed by atoms with Gasteiger partial charge in [-0.05, 0) is 55.4 Å². The van der Waals surface area contributed by atoms with Gasteiger partial charge >= 0.3 is 0 Å². The standard InChI is InChI=1S/C31H39ClN6O5Si/c1-20-29(44(2,3)42)27(9-12-36-19-23(10-14-39)34-35-36)43-31(20)25-16-22(32)7-8-26(25)38(30(31)41)18-21-5-4-6-24(15-21)37-13-11-33-17-28(37)40/h4-8,15-16,19-20,27,29,33,39,42H,9-14,17-18H2,1-3H3/t20-,27+,29-,31+/m0/s1. The van der Waals surface area contributed by atoms with Crippen molar-refractivity contribution in [2.45, 2.75) is 63.2 Å². The Bertz CT molecular complexity index is 1560. The van der Waals surface area contributed by atoms with Crippen molar-refractivity contribution in [1.29, 1.82) is 0 Å². The van der Waals surface area contributed by atoms with E-state index in [1.165, 1.54) is 0 Å². The molecule has 0 saturated carbocycles. The molecule has 0 aliphatic carbocycles. The Balaban J connectivity index is 1.32. The Labute approximate surface area is 262 Å². The summed E-state index contributed by atoms with van der Waals surface area (Å²) in [5.41, 5.74) is 2.30. The van der Waals surface area contributed by atoms with Crippen LogP contribution in [0.25, 0.3) is 0 Å². The van der Waals surface area contributed by atoms with E-state index in [9.17, 15) is 19.5 Å². The molecule has 0 bridgehead atoms. The smallest absolute Gasteiger partial charge is 0.264 e. The van der Waals surface area contributed by atoms with E-state index in [0.29, 0.717) is 55.3 Å². The molecule has 13 heteroatoms. The van der Waals surface area contributed by atoms with E-state index in [-0.39, 0.29) is 29.9 Å². The lowest BCUT2D eigenvalue weighted by atomic mass is 9.82. The molecule has 2 fully saturated rings. The van der Waals surface area contributed by atoms with E-state index in [4.69, 9.17) is 16.3 Å². The van der Waals surface area contributed by atoms with Gasteiger partial charge in [0.2, 0.25) is 5.91 Å². The first-order chi connectivity index (χ1) is 21.0. The van der Waals surface area contributed by atoms with Crippen LogP contribution < -0.4 is 15.1 Å². The summed E-state index contributed by atoms with van der Waals surface area (Å²) in [6.07, 6.45) is 2.36. The maximum atomic E-state index is 14.7. The Morgan fingerprint density at radius 3 is 2.77 bits per heavy atom. The average Bonchev–Trinajstić information content (AvgIpc) is 3.62. The van der Waals surface area contributed by atoms with Crippen molar-refractivity contribution in [2.24, 2.45) is 5.92 Å². The molecule has 1 aromatic heterocycles. The fourth-order valence-corrected chi connectivity index (χ4v) is 10.1. The minimum absolute atomic E-state index is 0.00439. The number of aromatic nitrogens is 3. The second kappa shape index (κ2) is 12.0. The number of anilines is 2. The number of hydrogen-bond acceptors (Lipinski definition) is 8. The molecule has 11 nitrogen and oxygen atoms in total. The summed E-state index contributed by atoms with van der Waals surface area (Å²) in [5.74, 6) is -0.483. The zero-order valence-electron chi connectivity index (χ0n) is 25.2. The topological polar surface area (TPSA) is 133 Å². The summed E-state index contributed by atoms with van der Waals surface area (Å²) in [5, 5.41) is 21.2. The number of nitrogens with one attached hydrogen (secondary N) is 1. The molecule has 44 heavy (non-hydrogen) atoms. The fraction of sp³-hybridized carbons (Fsp3) is 0.484. The van der Waals surface area contributed by atoms with Gasteiger partial charge in [-0.1, -0.05) is 35.9 Å². The molecule has 6 rings (SSSR count). The van der Waals surface area contributed by atoms with Crippen LogP contribution in [-0.2, 0) is 39.4 Å². The van der Waals surface area contributed by atoms with Crippen LogP contribution in [0.5, 0.6) is 0 Å². The normalized spacial score (nSPS) is 25.4. The monoisotopic (exact) mass is 638 g/mol. The van der Waals surface area contributed by atoms with Gasteiger partial charge in [0.05, 0.1) is 30.6 Å². The third-order valence-electron chi connectivity index (χ3n) is 9.20. The highest BCUT2D eigenvalue weighted by atomic mass is 35.5. The van der Waals surface area contributed by atoms with E-state index < -0.39 is 20.0 Å². The number of ether oxygens (including phenoxy) is 1. The number of halogens is 1. The highest BCUT2D eigenvalue weighted by molar-refractivity contribution is 6.71. The van der Waals surface area contributed by atoms with Crippen molar-refractivity contribution < 1.29 is 24.2 Å². The van der Waals surface area contributed by atoms with E-state index in [2.05, 4.69) is 15.6 Å². The van der Waals surface area contributed by atoms with E-state index >= 15 is 0 Å². The van der Waals surface area contributed by atoms with Crippen LogP contribution in [0.3, 0.4) is 0 Å². The van der Waals surface area contributed by atoms with Crippen LogP contribution in [0.4, 0.5) is 11.4 Å². The van der Waals surface area contributed by atoms with Gasteiger partial charge in [0.25, 0.3) is 5.91 Å². The molecule has 2 aromatic carbocycles. The van der Waals surface area contributed by atoms with E-state index in [0.717, 1.165) is 23.5 Å². The number of carbonyl (C=O) groups is 2. The molecule has 234 valence electrons. The third-order valence-corrected chi connectivity index (χ3v) is 11.9. The summed E-state index contributed by atoms with van der Waals surface area (Å²) in [6.45, 7) is 8.19. The van der Waals surface area contributed by atoms with Gasteiger partial charge in [0.1, 0.15) is 0 Å². The van der Waals surface area contributed by atoms with Crippen molar-refractivity contribution >= 4 is 43.1 Å². The SMILES string of the molecule is C[C@H]1[C@H]([Si](C)(C)O)[C@@H](CCn2cc(CCO)nn2)O[C@]12C(=O)N(Cc1cccc(N3CCNCC3=O)c1)c1ccc(Cl)cc12. The summed E-state index contributed by atoms with van der Waals surface area (Å²) < 4.78 is 8.61. The van der Waals surface area contributed by atoms with Crippen molar-refractivity contribution in [3.8, 4) is 0 Å². The fourth-order valence-electron chi connectivity index (χ4n) is 7.30. The third kappa shape index (κ3) is 5.48. The highest BCUT2D eigenvalue weighted by Gasteiger charge is 2.66. The minimum Gasteiger partial charge on any atom is -0.432 e. The number of benzene rings is 2. The first-order valence-corrected chi connectivity index (χ1v) is 18.5. The number of carbonyl (C=O) groups excluding carboxylic acids is 2. The van der Waals surface area contributed by atoms with Crippen LogP contribution in [0, 0.1) is 5.92 Å². The number of fused-ring (bicyclic) bond motifs is 2. The minimum atomic E-state index is -2.83. The largest absolute Gasteiger partial charge is 0.432 e. The predicted molar refractivity (Wildman–Crippen MR) is 169 cm³/mol. The average molecular weight is 639 g/mol. The van der Waals surface area contributed by atoms with Gasteiger partial charge in [-0.25, -0.2) is 0 Å². The van der Waals surface area contributed by atoms with E-state index in [1.807, 2.05) is 56.4 Å². The molecule has 0 unspecified atom stereocenters. The molecular formula is C31H39ClN6O5Si. The number of piperazine rings is 1. The summed E-state index contributed by atoms with van der Waals surface area (Å²) in [7, 11) is -2.83. The van der Waals surface area contributed by atoms with Crippen molar-refractivity contribution in [3.63, 3.8) is 0 Å². The molecule has 4 atom stereocenters. The van der Waals surface area contributed by atoms with Crippen LogP contribution in [0.15, 0.2) is 48.7 Å². The quantitative estimate of drug-likeness (QED) is 0.305. The van der Waals surface area contributed by atoms with Crippen LogP contribution in [0.2, 0.25) is 23.7 Å². The van der Waals surface area contributed by atoms with Crippen LogP contribution >= 0.6 is 11.6 Å². The van der Waals surface area contributed by atoms with Gasteiger partial charge in [-0.3, -0.25) is 14.3 Å². The maximum Gasteiger partial charge on any atom is 0.264 e. The summed E-state index contributed by atoms with van der Waals surface area (Å²) >= 11 is 6.54. The van der Waals surface area contributed by atoms with Gasteiger partial charge < -0.3 is 29.8 Å². The zero-order chi connectivity index (χ0) is 31.2. The second-order valence-corrected chi connectivity index (χ2v) is 17.0. The molecule has 1 spiro atoms. The highest BCUT2D eigenvalue weighted by Crippen LogP contribution is 2.60. The number of hydrogen-bond donors (Lipinski definition) is 3. The first-order valence-electron chi connectivity index (χ1n) is 15.1. The lowest BCUT2D eigenvalue weighted by Gasteiger charge is -2.32. The maximum absolute atomic E-state index is 14.7. The Morgan fingerprint density at radius 2 is 2.02 bits per heavy atom. The molecule has 3 aliphatic heterocycles. The molecule has 3 aromatic rings. The van der Waals surface area contributed by atoms with Crippen molar-refractivity contribution in [3.05, 3.63) is 70.5 Å². The first kappa shape index (κ1) is 30.9. The molecule has 2 saturated heterocycles.